The zero-order chi connectivity index (χ0) is 20.1. The Morgan fingerprint density at radius 3 is 2.55 bits per heavy atom. The average molecular weight is 390 g/mol. The van der Waals surface area contributed by atoms with Crippen molar-refractivity contribution in [2.24, 2.45) is 0 Å². The molecule has 0 atom stereocenters. The number of carbonyl (C=O) groups excluding carboxylic acids is 1. The van der Waals surface area contributed by atoms with Crippen LogP contribution < -0.4 is 15.8 Å². The SMILES string of the molecule is O=C(NCCCc1ccc(N2CCCCC2)cc1)c1cc2ccccc2oc1=O. The molecule has 1 N–H and O–H groups in total. The Morgan fingerprint density at radius 2 is 1.76 bits per heavy atom. The highest BCUT2D eigenvalue weighted by Gasteiger charge is 2.13. The van der Waals surface area contributed by atoms with Crippen molar-refractivity contribution in [3.8, 4) is 0 Å². The molecule has 0 unspecified atom stereocenters. The number of amides is 1. The van der Waals surface area contributed by atoms with Crippen LogP contribution in [-0.4, -0.2) is 25.5 Å². The highest BCUT2D eigenvalue weighted by Crippen LogP contribution is 2.20. The number of nitrogens with one attached hydrogen (secondary N) is 1. The van der Waals surface area contributed by atoms with Gasteiger partial charge in [-0.05, 0) is 61.9 Å². The fraction of sp³-hybridized carbons (Fsp3) is 0.333. The third kappa shape index (κ3) is 4.67. The number of benzene rings is 2. The summed E-state index contributed by atoms with van der Waals surface area (Å²) in [5, 5.41) is 3.57. The highest BCUT2D eigenvalue weighted by atomic mass is 16.4. The number of nitrogens with zero attached hydrogens (tertiary/aromatic N) is 1. The van der Waals surface area contributed by atoms with Crippen molar-refractivity contribution in [2.45, 2.75) is 32.1 Å². The standard InChI is InChI=1S/C24H26N2O3/c27-23(21-17-19-8-2-3-9-22(19)29-24(21)28)25-14-6-7-18-10-12-20(13-11-18)26-15-4-1-5-16-26/h2-3,8-13,17H,1,4-7,14-16H2,(H,25,27). The summed E-state index contributed by atoms with van der Waals surface area (Å²) < 4.78 is 5.23. The zero-order valence-electron chi connectivity index (χ0n) is 16.5. The van der Waals surface area contributed by atoms with E-state index >= 15 is 0 Å². The van der Waals surface area contributed by atoms with E-state index in [1.54, 1.807) is 18.2 Å². The zero-order valence-corrected chi connectivity index (χ0v) is 16.5. The molecule has 0 aliphatic carbocycles. The fourth-order valence-electron chi connectivity index (χ4n) is 3.84. The summed E-state index contributed by atoms with van der Waals surface area (Å²) in [7, 11) is 0. The molecular weight excluding hydrogens is 364 g/mol. The summed E-state index contributed by atoms with van der Waals surface area (Å²) in [5.74, 6) is -0.384. The fourth-order valence-corrected chi connectivity index (χ4v) is 3.84. The number of aryl methyl sites for hydroxylation is 1. The minimum atomic E-state index is -0.602. The molecule has 4 rings (SSSR count). The summed E-state index contributed by atoms with van der Waals surface area (Å²) >= 11 is 0. The van der Waals surface area contributed by atoms with Gasteiger partial charge in [0.25, 0.3) is 5.91 Å². The lowest BCUT2D eigenvalue weighted by Crippen LogP contribution is -2.29. The van der Waals surface area contributed by atoms with Gasteiger partial charge in [0.2, 0.25) is 0 Å². The molecule has 2 aromatic carbocycles. The number of para-hydroxylation sites is 1. The monoisotopic (exact) mass is 390 g/mol. The Labute approximate surface area is 170 Å². The quantitative estimate of drug-likeness (QED) is 0.507. The Kier molecular flexibility index (Phi) is 5.94. The van der Waals surface area contributed by atoms with Crippen molar-refractivity contribution in [1.29, 1.82) is 0 Å². The number of piperidine rings is 1. The van der Waals surface area contributed by atoms with Crippen LogP contribution in [0.4, 0.5) is 5.69 Å². The van der Waals surface area contributed by atoms with Crippen LogP contribution in [0, 0.1) is 0 Å². The lowest BCUT2D eigenvalue weighted by atomic mass is 10.1. The average Bonchev–Trinajstić information content (AvgIpc) is 2.77. The van der Waals surface area contributed by atoms with Gasteiger partial charge < -0.3 is 14.6 Å². The predicted molar refractivity (Wildman–Crippen MR) is 116 cm³/mol. The van der Waals surface area contributed by atoms with E-state index in [4.69, 9.17) is 4.42 Å². The molecule has 1 amide bonds. The van der Waals surface area contributed by atoms with E-state index in [0.29, 0.717) is 12.1 Å². The van der Waals surface area contributed by atoms with E-state index in [2.05, 4.69) is 34.5 Å². The van der Waals surface area contributed by atoms with E-state index in [9.17, 15) is 9.59 Å². The van der Waals surface area contributed by atoms with Crippen molar-refractivity contribution in [3.63, 3.8) is 0 Å². The van der Waals surface area contributed by atoms with Gasteiger partial charge in [-0.3, -0.25) is 4.79 Å². The van der Waals surface area contributed by atoms with Gasteiger partial charge in [-0.1, -0.05) is 30.3 Å². The minimum Gasteiger partial charge on any atom is -0.422 e. The smallest absolute Gasteiger partial charge is 0.349 e. The normalized spacial score (nSPS) is 14.1. The Morgan fingerprint density at radius 1 is 1.00 bits per heavy atom. The molecule has 0 spiro atoms. The topological polar surface area (TPSA) is 62.6 Å². The number of hydrogen-bond acceptors (Lipinski definition) is 4. The summed E-state index contributed by atoms with van der Waals surface area (Å²) in [5.41, 5.74) is 2.49. The highest BCUT2D eigenvalue weighted by molar-refractivity contribution is 5.96. The van der Waals surface area contributed by atoms with Gasteiger partial charge in [-0.2, -0.15) is 0 Å². The lowest BCUT2D eigenvalue weighted by Gasteiger charge is -2.28. The van der Waals surface area contributed by atoms with E-state index in [-0.39, 0.29) is 11.5 Å². The maximum absolute atomic E-state index is 12.4. The molecular formula is C24H26N2O3. The molecule has 3 aromatic rings. The van der Waals surface area contributed by atoms with Crippen LogP contribution in [0.15, 0.2) is 63.8 Å². The maximum atomic E-state index is 12.4. The molecule has 1 fully saturated rings. The van der Waals surface area contributed by atoms with Crippen LogP contribution in [0.3, 0.4) is 0 Å². The van der Waals surface area contributed by atoms with E-state index in [1.807, 2.05) is 12.1 Å². The Hall–Kier alpha value is -3.08. The van der Waals surface area contributed by atoms with Crippen LogP contribution >= 0.6 is 0 Å². The van der Waals surface area contributed by atoms with Gasteiger partial charge in [0.1, 0.15) is 11.1 Å². The van der Waals surface area contributed by atoms with E-state index in [1.165, 1.54) is 30.5 Å². The largest absolute Gasteiger partial charge is 0.422 e. The second-order valence-electron chi connectivity index (χ2n) is 7.56. The number of rotatable bonds is 6. The number of anilines is 1. The van der Waals surface area contributed by atoms with Gasteiger partial charge in [0.15, 0.2) is 0 Å². The van der Waals surface area contributed by atoms with Gasteiger partial charge in [0, 0.05) is 30.7 Å². The van der Waals surface area contributed by atoms with Crippen molar-refractivity contribution in [3.05, 3.63) is 76.1 Å². The molecule has 0 saturated carbocycles. The lowest BCUT2D eigenvalue weighted by molar-refractivity contribution is 0.0949. The molecule has 2 heterocycles. The molecule has 1 aromatic heterocycles. The Bertz CT molecular complexity index is 1030. The molecule has 5 nitrogen and oxygen atoms in total. The maximum Gasteiger partial charge on any atom is 0.349 e. The van der Waals surface area contributed by atoms with E-state index in [0.717, 1.165) is 31.3 Å². The first kappa shape index (κ1) is 19.2. The summed E-state index contributed by atoms with van der Waals surface area (Å²) in [4.78, 5) is 26.9. The first-order chi connectivity index (χ1) is 14.2. The first-order valence-corrected chi connectivity index (χ1v) is 10.4. The van der Waals surface area contributed by atoms with Crippen molar-refractivity contribution >= 4 is 22.6 Å². The van der Waals surface area contributed by atoms with Gasteiger partial charge in [0.05, 0.1) is 0 Å². The van der Waals surface area contributed by atoms with Gasteiger partial charge in [-0.15, -0.1) is 0 Å². The molecule has 29 heavy (non-hydrogen) atoms. The second kappa shape index (κ2) is 8.95. The van der Waals surface area contributed by atoms with Gasteiger partial charge in [-0.25, -0.2) is 4.79 Å². The van der Waals surface area contributed by atoms with Crippen LogP contribution in [0.25, 0.3) is 11.0 Å². The molecule has 1 aliphatic rings. The van der Waals surface area contributed by atoms with Crippen LogP contribution in [0.1, 0.15) is 41.6 Å². The summed E-state index contributed by atoms with van der Waals surface area (Å²) in [6.07, 6.45) is 5.58. The van der Waals surface area contributed by atoms with Crippen molar-refractivity contribution in [2.75, 3.05) is 24.5 Å². The van der Waals surface area contributed by atoms with Crippen molar-refractivity contribution in [1.82, 2.24) is 5.32 Å². The van der Waals surface area contributed by atoms with Crippen LogP contribution in [0.5, 0.6) is 0 Å². The molecule has 5 heteroatoms. The molecule has 150 valence electrons. The minimum absolute atomic E-state index is 0.0505. The summed E-state index contributed by atoms with van der Waals surface area (Å²) in [6, 6.07) is 17.5. The first-order valence-electron chi connectivity index (χ1n) is 10.4. The van der Waals surface area contributed by atoms with E-state index < -0.39 is 5.63 Å². The summed E-state index contributed by atoms with van der Waals surface area (Å²) in [6.45, 7) is 2.81. The molecule has 1 aliphatic heterocycles. The number of hydrogen-bond donors (Lipinski definition) is 1. The van der Waals surface area contributed by atoms with Crippen molar-refractivity contribution < 1.29 is 9.21 Å². The third-order valence-electron chi connectivity index (χ3n) is 5.47. The number of carbonyl (C=O) groups is 1. The van der Waals surface area contributed by atoms with Gasteiger partial charge >= 0.3 is 5.63 Å². The third-order valence-corrected chi connectivity index (χ3v) is 5.47. The molecule has 0 radical (unpaired) electrons. The number of fused-ring (bicyclic) bond motifs is 1. The molecule has 0 bridgehead atoms. The second-order valence-corrected chi connectivity index (χ2v) is 7.56. The predicted octanol–water partition coefficient (Wildman–Crippen LogP) is 4.15. The van der Waals surface area contributed by atoms with Crippen LogP contribution in [0.2, 0.25) is 0 Å². The van der Waals surface area contributed by atoms with Crippen LogP contribution in [-0.2, 0) is 6.42 Å². The Balaban J connectivity index is 1.28. The molecule has 1 saturated heterocycles.